The third-order valence-corrected chi connectivity index (χ3v) is 5.58. The van der Waals surface area contributed by atoms with E-state index in [2.05, 4.69) is 17.7 Å². The minimum absolute atomic E-state index is 0.379. The summed E-state index contributed by atoms with van der Waals surface area (Å²) in [5, 5.41) is 3.13. The molecule has 0 radical (unpaired) electrons. The Balaban J connectivity index is 1.59. The Labute approximate surface area is 160 Å². The Bertz CT molecular complexity index is 863. The zero-order valence-electron chi connectivity index (χ0n) is 14.9. The van der Waals surface area contributed by atoms with E-state index in [1.165, 1.54) is 11.3 Å². The summed E-state index contributed by atoms with van der Waals surface area (Å²) in [6.07, 6.45) is 2.65. The third kappa shape index (κ3) is 4.53. The van der Waals surface area contributed by atoms with Crippen molar-refractivity contribution in [2.24, 2.45) is 11.7 Å². The Morgan fingerprint density at radius 1 is 1.26 bits per heavy atom. The van der Waals surface area contributed by atoms with Crippen molar-refractivity contribution in [3.05, 3.63) is 51.9 Å². The average Bonchev–Trinajstić information content (AvgIpc) is 2.99. The number of amides is 3. The van der Waals surface area contributed by atoms with Gasteiger partial charge in [-0.2, -0.15) is 0 Å². The van der Waals surface area contributed by atoms with Gasteiger partial charge in [-0.3, -0.25) is 19.2 Å². The molecule has 0 bridgehead atoms. The van der Waals surface area contributed by atoms with E-state index in [4.69, 9.17) is 10.6 Å². The Morgan fingerprint density at radius 3 is 2.70 bits per heavy atom. The molecule has 0 saturated heterocycles. The van der Waals surface area contributed by atoms with Crippen molar-refractivity contribution in [3.8, 4) is 0 Å². The van der Waals surface area contributed by atoms with E-state index in [0.29, 0.717) is 22.0 Å². The summed E-state index contributed by atoms with van der Waals surface area (Å²) >= 11 is 1.38. The van der Waals surface area contributed by atoms with Crippen molar-refractivity contribution in [2.45, 2.75) is 26.2 Å². The van der Waals surface area contributed by atoms with Gasteiger partial charge in [-0.1, -0.05) is 25.1 Å². The fourth-order valence-corrected chi connectivity index (χ4v) is 4.51. The number of carbonyl (C=O) groups is 3. The lowest BCUT2D eigenvalue weighted by Gasteiger charge is -2.18. The first-order chi connectivity index (χ1) is 13.0. The van der Waals surface area contributed by atoms with Gasteiger partial charge in [0.25, 0.3) is 17.7 Å². The highest BCUT2D eigenvalue weighted by Gasteiger charge is 2.27. The molecule has 0 fully saturated rings. The van der Waals surface area contributed by atoms with E-state index < -0.39 is 17.7 Å². The summed E-state index contributed by atoms with van der Waals surface area (Å²) < 4.78 is 0. The number of fused-ring (bicyclic) bond motifs is 1. The van der Waals surface area contributed by atoms with Gasteiger partial charge in [0.1, 0.15) is 5.00 Å². The van der Waals surface area contributed by atoms with Crippen LogP contribution < -0.4 is 16.5 Å². The molecule has 142 valence electrons. The summed E-state index contributed by atoms with van der Waals surface area (Å²) in [6, 6.07) is 8.52. The predicted octanol–water partition coefficient (Wildman–Crippen LogP) is 2.27. The minimum Gasteiger partial charge on any atom is -0.365 e. The van der Waals surface area contributed by atoms with Gasteiger partial charge >= 0.3 is 0 Å². The van der Waals surface area contributed by atoms with E-state index in [-0.39, 0.29) is 6.61 Å². The SMILES string of the molecule is C[C@H]1CCc2c(sc(NC(=O)CONC(=O)c3ccccc3)c2C(N)=O)C1. The number of hydroxylamine groups is 1. The molecule has 0 saturated carbocycles. The van der Waals surface area contributed by atoms with Crippen LogP contribution in [0.4, 0.5) is 5.00 Å². The number of hydrogen-bond donors (Lipinski definition) is 3. The van der Waals surface area contributed by atoms with Crippen LogP contribution in [0.2, 0.25) is 0 Å². The van der Waals surface area contributed by atoms with Crippen LogP contribution in [-0.4, -0.2) is 24.3 Å². The highest BCUT2D eigenvalue weighted by Crippen LogP contribution is 2.39. The maximum absolute atomic E-state index is 12.1. The topological polar surface area (TPSA) is 111 Å². The number of rotatable bonds is 6. The van der Waals surface area contributed by atoms with Gasteiger partial charge < -0.3 is 11.1 Å². The van der Waals surface area contributed by atoms with E-state index in [0.717, 1.165) is 29.7 Å². The summed E-state index contributed by atoms with van der Waals surface area (Å²) in [5.41, 5.74) is 9.51. The molecular formula is C19H21N3O4S. The van der Waals surface area contributed by atoms with Gasteiger partial charge in [-0.05, 0) is 42.9 Å². The van der Waals surface area contributed by atoms with Crippen molar-refractivity contribution >= 4 is 34.1 Å². The molecule has 1 aliphatic carbocycles. The van der Waals surface area contributed by atoms with Crippen molar-refractivity contribution < 1.29 is 19.2 Å². The van der Waals surface area contributed by atoms with Gasteiger partial charge in [-0.25, -0.2) is 5.48 Å². The molecule has 1 aromatic carbocycles. The van der Waals surface area contributed by atoms with E-state index in [1.807, 2.05) is 0 Å². The quantitative estimate of drug-likeness (QED) is 0.660. The lowest BCUT2D eigenvalue weighted by atomic mass is 9.88. The summed E-state index contributed by atoms with van der Waals surface area (Å²) in [6.45, 7) is 1.78. The van der Waals surface area contributed by atoms with Gasteiger partial charge in [-0.15, -0.1) is 11.3 Å². The van der Waals surface area contributed by atoms with Crippen LogP contribution in [0, 0.1) is 5.92 Å². The zero-order chi connectivity index (χ0) is 19.4. The molecule has 1 atom stereocenters. The highest BCUT2D eigenvalue weighted by atomic mass is 32.1. The molecule has 8 heteroatoms. The van der Waals surface area contributed by atoms with Crippen LogP contribution >= 0.6 is 11.3 Å². The van der Waals surface area contributed by atoms with Crippen LogP contribution in [-0.2, 0) is 22.5 Å². The number of hydrogen-bond acceptors (Lipinski definition) is 5. The minimum atomic E-state index is -0.546. The van der Waals surface area contributed by atoms with Crippen LogP contribution in [0.25, 0.3) is 0 Å². The first-order valence-electron chi connectivity index (χ1n) is 8.67. The third-order valence-electron chi connectivity index (χ3n) is 4.42. The number of carbonyl (C=O) groups excluding carboxylic acids is 3. The summed E-state index contributed by atoms with van der Waals surface area (Å²) in [5.74, 6) is -0.924. The molecule has 7 nitrogen and oxygen atoms in total. The Morgan fingerprint density at radius 2 is 2.00 bits per heavy atom. The predicted molar refractivity (Wildman–Crippen MR) is 103 cm³/mol. The average molecular weight is 387 g/mol. The number of anilines is 1. The molecule has 1 aromatic heterocycles. The van der Waals surface area contributed by atoms with Gasteiger partial charge in [0, 0.05) is 10.4 Å². The molecule has 1 aliphatic rings. The molecule has 4 N–H and O–H groups in total. The second-order valence-corrected chi connectivity index (χ2v) is 7.66. The molecule has 0 unspecified atom stereocenters. The summed E-state index contributed by atoms with van der Waals surface area (Å²) in [4.78, 5) is 42.0. The first-order valence-corrected chi connectivity index (χ1v) is 9.48. The molecular weight excluding hydrogens is 366 g/mol. The van der Waals surface area contributed by atoms with Crippen LogP contribution in [0.15, 0.2) is 30.3 Å². The normalized spacial score (nSPS) is 15.7. The van der Waals surface area contributed by atoms with Crippen LogP contribution in [0.3, 0.4) is 0 Å². The van der Waals surface area contributed by atoms with Gasteiger partial charge in [0.2, 0.25) is 0 Å². The first kappa shape index (κ1) is 19.1. The van der Waals surface area contributed by atoms with E-state index >= 15 is 0 Å². The number of nitrogens with two attached hydrogens (primary N) is 1. The fraction of sp³-hybridized carbons (Fsp3) is 0.316. The lowest BCUT2D eigenvalue weighted by molar-refractivity contribution is -0.122. The van der Waals surface area contributed by atoms with Crippen LogP contribution in [0.5, 0.6) is 0 Å². The second-order valence-electron chi connectivity index (χ2n) is 6.55. The molecule has 3 amide bonds. The monoisotopic (exact) mass is 387 g/mol. The van der Waals surface area contributed by atoms with Crippen molar-refractivity contribution in [1.29, 1.82) is 0 Å². The van der Waals surface area contributed by atoms with Gasteiger partial charge in [0.15, 0.2) is 6.61 Å². The second kappa shape index (κ2) is 8.32. The highest BCUT2D eigenvalue weighted by molar-refractivity contribution is 7.17. The fourth-order valence-electron chi connectivity index (χ4n) is 3.08. The summed E-state index contributed by atoms with van der Waals surface area (Å²) in [7, 11) is 0. The number of primary amides is 1. The number of thiophene rings is 1. The lowest BCUT2D eigenvalue weighted by Crippen LogP contribution is -2.29. The molecule has 2 aromatic rings. The number of nitrogens with one attached hydrogen (secondary N) is 2. The smallest absolute Gasteiger partial charge is 0.274 e. The van der Waals surface area contributed by atoms with Crippen LogP contribution in [0.1, 0.15) is 44.5 Å². The van der Waals surface area contributed by atoms with Crippen molar-refractivity contribution in [2.75, 3.05) is 11.9 Å². The van der Waals surface area contributed by atoms with Crippen molar-refractivity contribution in [1.82, 2.24) is 5.48 Å². The molecule has 1 heterocycles. The zero-order valence-corrected chi connectivity index (χ0v) is 15.7. The molecule has 3 rings (SSSR count). The molecule has 0 aliphatic heterocycles. The molecule has 0 spiro atoms. The number of benzene rings is 1. The van der Waals surface area contributed by atoms with Gasteiger partial charge in [0.05, 0.1) is 5.56 Å². The Kier molecular flexibility index (Phi) is 5.88. The van der Waals surface area contributed by atoms with E-state index in [1.54, 1.807) is 30.3 Å². The maximum Gasteiger partial charge on any atom is 0.274 e. The maximum atomic E-state index is 12.1. The molecule has 27 heavy (non-hydrogen) atoms. The standard InChI is InChI=1S/C19H21N3O4S/c1-11-7-8-13-14(9-11)27-19(16(13)17(20)24)21-15(23)10-26-22-18(25)12-5-3-2-4-6-12/h2-6,11H,7-10H2,1H3,(H2,20,24)(H,21,23)(H,22,25)/t11-/m0/s1. The van der Waals surface area contributed by atoms with Crippen molar-refractivity contribution in [3.63, 3.8) is 0 Å². The largest absolute Gasteiger partial charge is 0.365 e. The van der Waals surface area contributed by atoms with E-state index in [9.17, 15) is 14.4 Å². The Hall–Kier alpha value is -2.71.